The first kappa shape index (κ1) is 17.6. The summed E-state index contributed by atoms with van der Waals surface area (Å²) in [5.41, 5.74) is 0.756. The van der Waals surface area contributed by atoms with E-state index in [2.05, 4.69) is 5.32 Å². The Labute approximate surface area is 143 Å². The minimum atomic E-state index is -0.0752. The molecule has 1 aromatic carbocycles. The van der Waals surface area contributed by atoms with Crippen molar-refractivity contribution >= 4 is 29.1 Å². The van der Waals surface area contributed by atoms with Gasteiger partial charge in [0, 0.05) is 11.9 Å². The SMILES string of the molecule is O=C(NCC12CCCC(CC(Cl)C1)C2)c1ccccc1Cl.[CH2]. The molecular weight excluding hydrogens is 317 g/mol. The van der Waals surface area contributed by atoms with Crippen LogP contribution in [0.2, 0.25) is 5.02 Å². The summed E-state index contributed by atoms with van der Waals surface area (Å²) in [7, 11) is 0. The summed E-state index contributed by atoms with van der Waals surface area (Å²) in [6.07, 6.45) is 7.10. The van der Waals surface area contributed by atoms with Crippen molar-refractivity contribution in [3.05, 3.63) is 42.3 Å². The highest BCUT2D eigenvalue weighted by molar-refractivity contribution is 6.33. The quantitative estimate of drug-likeness (QED) is 0.773. The van der Waals surface area contributed by atoms with Crippen molar-refractivity contribution in [1.29, 1.82) is 0 Å². The molecule has 22 heavy (non-hydrogen) atoms. The van der Waals surface area contributed by atoms with Gasteiger partial charge in [-0.3, -0.25) is 4.79 Å². The number of nitrogens with one attached hydrogen (secondary N) is 1. The van der Waals surface area contributed by atoms with E-state index in [0.717, 1.165) is 25.3 Å². The van der Waals surface area contributed by atoms with Crippen LogP contribution >= 0.6 is 23.2 Å². The van der Waals surface area contributed by atoms with E-state index in [0.29, 0.717) is 10.6 Å². The second kappa shape index (κ2) is 7.23. The number of hydrogen-bond donors (Lipinski definition) is 1. The highest BCUT2D eigenvalue weighted by atomic mass is 35.5. The van der Waals surface area contributed by atoms with Gasteiger partial charge in [-0.2, -0.15) is 0 Å². The molecule has 0 heterocycles. The molecule has 2 aliphatic rings. The molecule has 2 fully saturated rings. The first-order valence-corrected chi connectivity index (χ1v) is 8.56. The van der Waals surface area contributed by atoms with Crippen LogP contribution in [0, 0.1) is 18.8 Å². The van der Waals surface area contributed by atoms with Crippen LogP contribution in [0.4, 0.5) is 0 Å². The van der Waals surface area contributed by atoms with Crippen LogP contribution in [0.15, 0.2) is 24.3 Å². The molecule has 3 atom stereocenters. The number of amides is 1. The molecule has 4 heteroatoms. The van der Waals surface area contributed by atoms with Crippen LogP contribution in [0.25, 0.3) is 0 Å². The van der Waals surface area contributed by atoms with Gasteiger partial charge in [-0.05, 0) is 49.1 Å². The lowest BCUT2D eigenvalue weighted by Crippen LogP contribution is -2.45. The highest BCUT2D eigenvalue weighted by Gasteiger charge is 2.42. The van der Waals surface area contributed by atoms with E-state index in [4.69, 9.17) is 23.2 Å². The zero-order chi connectivity index (χ0) is 14.9. The monoisotopic (exact) mass is 339 g/mol. The summed E-state index contributed by atoms with van der Waals surface area (Å²) in [4.78, 5) is 12.3. The fourth-order valence-electron chi connectivity index (χ4n) is 4.12. The molecule has 2 saturated carbocycles. The lowest BCUT2D eigenvalue weighted by molar-refractivity contribution is 0.0698. The van der Waals surface area contributed by atoms with Gasteiger partial charge < -0.3 is 5.32 Å². The minimum absolute atomic E-state index is 0. The average Bonchev–Trinajstić information content (AvgIpc) is 2.45. The Kier molecular flexibility index (Phi) is 5.79. The van der Waals surface area contributed by atoms with Crippen molar-refractivity contribution in [2.45, 2.75) is 43.9 Å². The van der Waals surface area contributed by atoms with Crippen LogP contribution in [0.1, 0.15) is 48.9 Å². The van der Waals surface area contributed by atoms with Crippen molar-refractivity contribution in [3.8, 4) is 0 Å². The third-order valence-electron chi connectivity index (χ3n) is 5.03. The van der Waals surface area contributed by atoms with Crippen LogP contribution in [-0.2, 0) is 0 Å². The number of carbonyl (C=O) groups excluding carboxylic acids is 1. The Morgan fingerprint density at radius 2 is 2.09 bits per heavy atom. The van der Waals surface area contributed by atoms with Crippen molar-refractivity contribution in [2.24, 2.45) is 11.3 Å². The second-order valence-electron chi connectivity index (χ2n) is 6.66. The average molecular weight is 340 g/mol. The van der Waals surface area contributed by atoms with Gasteiger partial charge >= 0.3 is 0 Å². The standard InChI is InChI=1S/C17H21Cl2NO.CH2/c18-13-8-12-4-3-7-17(9-12,10-13)11-20-16(21)14-5-1-2-6-15(14)19;/h1-2,5-6,12-13H,3-4,7-11H2,(H,20,21);1H2. The van der Waals surface area contributed by atoms with E-state index in [9.17, 15) is 4.79 Å². The number of halogens is 2. The molecule has 2 nitrogen and oxygen atoms in total. The van der Waals surface area contributed by atoms with Crippen LogP contribution in [0.3, 0.4) is 0 Å². The van der Waals surface area contributed by atoms with E-state index < -0.39 is 0 Å². The Balaban J connectivity index is 0.00000176. The van der Waals surface area contributed by atoms with Crippen LogP contribution < -0.4 is 5.32 Å². The maximum Gasteiger partial charge on any atom is 0.252 e. The zero-order valence-corrected chi connectivity index (χ0v) is 14.3. The van der Waals surface area contributed by atoms with Gasteiger partial charge in [0.2, 0.25) is 0 Å². The third-order valence-corrected chi connectivity index (χ3v) is 5.69. The topological polar surface area (TPSA) is 29.1 Å². The smallest absolute Gasteiger partial charge is 0.252 e. The fraction of sp³-hybridized carbons (Fsp3) is 0.556. The van der Waals surface area contributed by atoms with E-state index >= 15 is 0 Å². The van der Waals surface area contributed by atoms with E-state index in [1.165, 1.54) is 25.7 Å². The molecule has 1 aromatic rings. The van der Waals surface area contributed by atoms with Crippen molar-refractivity contribution in [1.82, 2.24) is 5.32 Å². The van der Waals surface area contributed by atoms with Gasteiger partial charge in [-0.15, -0.1) is 11.6 Å². The summed E-state index contributed by atoms with van der Waals surface area (Å²) in [5, 5.41) is 3.87. The Bertz CT molecular complexity index is 530. The highest BCUT2D eigenvalue weighted by Crippen LogP contribution is 2.49. The molecule has 2 aliphatic carbocycles. The van der Waals surface area contributed by atoms with Crippen LogP contribution in [0.5, 0.6) is 0 Å². The summed E-state index contributed by atoms with van der Waals surface area (Å²) in [6, 6.07) is 7.19. The van der Waals surface area contributed by atoms with Gasteiger partial charge in [-0.25, -0.2) is 0 Å². The Hall–Kier alpha value is -0.730. The molecular formula is C18H23Cl2NO. The molecule has 0 aliphatic heterocycles. The number of fused-ring (bicyclic) bond motifs is 2. The fourth-order valence-corrected chi connectivity index (χ4v) is 4.93. The van der Waals surface area contributed by atoms with E-state index in [1.807, 2.05) is 12.1 Å². The molecule has 120 valence electrons. The zero-order valence-electron chi connectivity index (χ0n) is 12.8. The predicted octanol–water partition coefficient (Wildman–Crippen LogP) is 4.97. The lowest BCUT2D eigenvalue weighted by atomic mass is 9.62. The number of alkyl halides is 1. The maximum atomic E-state index is 12.3. The van der Waals surface area contributed by atoms with Crippen LogP contribution in [-0.4, -0.2) is 17.8 Å². The largest absolute Gasteiger partial charge is 0.351 e. The molecule has 1 amide bonds. The normalized spacial score (nSPS) is 30.3. The van der Waals surface area contributed by atoms with Crippen molar-refractivity contribution < 1.29 is 4.79 Å². The summed E-state index contributed by atoms with van der Waals surface area (Å²) >= 11 is 12.5. The molecule has 0 saturated heterocycles. The summed E-state index contributed by atoms with van der Waals surface area (Å²) in [5.74, 6) is 0.668. The first-order valence-electron chi connectivity index (χ1n) is 7.75. The minimum Gasteiger partial charge on any atom is -0.351 e. The number of rotatable bonds is 3. The van der Waals surface area contributed by atoms with Gasteiger partial charge in [0.05, 0.1) is 10.6 Å². The predicted molar refractivity (Wildman–Crippen MR) is 92.4 cm³/mol. The first-order chi connectivity index (χ1) is 10.1. The molecule has 3 rings (SSSR count). The Morgan fingerprint density at radius 1 is 1.32 bits per heavy atom. The number of benzene rings is 1. The van der Waals surface area contributed by atoms with Gasteiger partial charge in [0.15, 0.2) is 0 Å². The molecule has 2 bridgehead atoms. The maximum absolute atomic E-state index is 12.3. The summed E-state index contributed by atoms with van der Waals surface area (Å²) in [6.45, 7) is 0.719. The van der Waals surface area contributed by atoms with Gasteiger partial charge in [-0.1, -0.05) is 44.0 Å². The third kappa shape index (κ3) is 3.78. The van der Waals surface area contributed by atoms with Gasteiger partial charge in [0.1, 0.15) is 0 Å². The Morgan fingerprint density at radius 3 is 2.86 bits per heavy atom. The molecule has 0 spiro atoms. The molecule has 3 unspecified atom stereocenters. The molecule has 1 N–H and O–H groups in total. The number of hydrogen-bond acceptors (Lipinski definition) is 1. The molecule has 2 radical (unpaired) electrons. The second-order valence-corrected chi connectivity index (χ2v) is 7.69. The summed E-state index contributed by atoms with van der Waals surface area (Å²) < 4.78 is 0. The van der Waals surface area contributed by atoms with Crippen molar-refractivity contribution in [3.63, 3.8) is 0 Å². The lowest BCUT2D eigenvalue weighted by Gasteiger charge is -2.47. The van der Waals surface area contributed by atoms with Gasteiger partial charge in [0.25, 0.3) is 5.91 Å². The van der Waals surface area contributed by atoms with E-state index in [1.54, 1.807) is 12.1 Å². The van der Waals surface area contributed by atoms with Crippen molar-refractivity contribution in [2.75, 3.05) is 6.54 Å². The van der Waals surface area contributed by atoms with E-state index in [-0.39, 0.29) is 24.1 Å². The number of carbonyl (C=O) groups is 1. The molecule has 0 aromatic heterocycles.